The van der Waals surface area contributed by atoms with Gasteiger partial charge in [0.2, 0.25) is 5.78 Å². The van der Waals surface area contributed by atoms with Gasteiger partial charge in [-0.3, -0.25) is 14.0 Å². The summed E-state index contributed by atoms with van der Waals surface area (Å²) in [6.07, 6.45) is 4.06. The molecular formula is C17H14N2O2. The number of carbonyl (C=O) groups excluding carboxylic acids is 2. The summed E-state index contributed by atoms with van der Waals surface area (Å²) in [6, 6.07) is 12.6. The van der Waals surface area contributed by atoms with Crippen molar-refractivity contribution in [2.45, 2.75) is 13.3 Å². The number of hydrogen-bond acceptors (Lipinski definition) is 3. The van der Waals surface area contributed by atoms with E-state index in [1.54, 1.807) is 34.9 Å². The largest absolute Gasteiger partial charge is 0.297 e. The van der Waals surface area contributed by atoms with Crippen molar-refractivity contribution in [3.05, 3.63) is 71.7 Å². The molecule has 2 heterocycles. The zero-order valence-corrected chi connectivity index (χ0v) is 11.6. The highest BCUT2D eigenvalue weighted by molar-refractivity contribution is 6.48. The van der Waals surface area contributed by atoms with Crippen molar-refractivity contribution in [1.29, 1.82) is 0 Å². The summed E-state index contributed by atoms with van der Waals surface area (Å²) in [5.74, 6) is -1.05. The van der Waals surface area contributed by atoms with E-state index in [0.29, 0.717) is 11.2 Å². The van der Waals surface area contributed by atoms with Gasteiger partial charge in [-0.15, -0.1) is 0 Å². The molecule has 0 aliphatic rings. The van der Waals surface area contributed by atoms with Crippen molar-refractivity contribution in [3.8, 4) is 0 Å². The van der Waals surface area contributed by atoms with Gasteiger partial charge in [0, 0.05) is 11.8 Å². The third kappa shape index (κ3) is 2.36. The summed E-state index contributed by atoms with van der Waals surface area (Å²) in [5.41, 5.74) is 2.47. The van der Waals surface area contributed by atoms with Crippen molar-refractivity contribution in [2.75, 3.05) is 0 Å². The Hall–Kier alpha value is -2.75. The lowest BCUT2D eigenvalue weighted by molar-refractivity contribution is 0.0813. The molecular weight excluding hydrogens is 264 g/mol. The van der Waals surface area contributed by atoms with E-state index in [-0.39, 0.29) is 5.69 Å². The molecule has 0 fully saturated rings. The van der Waals surface area contributed by atoms with Gasteiger partial charge in [-0.05, 0) is 24.1 Å². The molecule has 0 saturated heterocycles. The molecule has 0 aliphatic carbocycles. The first-order valence-electron chi connectivity index (χ1n) is 6.80. The maximum atomic E-state index is 12.4. The molecule has 0 atom stereocenters. The van der Waals surface area contributed by atoms with Crippen LogP contribution in [0, 0.1) is 0 Å². The Bertz CT molecular complexity index is 816. The van der Waals surface area contributed by atoms with Crippen LogP contribution in [0.1, 0.15) is 33.3 Å². The Morgan fingerprint density at radius 2 is 1.81 bits per heavy atom. The number of aryl methyl sites for hydroxylation is 1. The molecule has 21 heavy (non-hydrogen) atoms. The Labute approximate surface area is 122 Å². The van der Waals surface area contributed by atoms with Crippen molar-refractivity contribution in [2.24, 2.45) is 0 Å². The average molecular weight is 278 g/mol. The van der Waals surface area contributed by atoms with E-state index in [1.165, 1.54) is 6.20 Å². The number of pyridine rings is 1. The first-order chi connectivity index (χ1) is 10.2. The second-order valence-electron chi connectivity index (χ2n) is 4.78. The molecule has 3 aromatic rings. The fourth-order valence-corrected chi connectivity index (χ4v) is 2.24. The quantitative estimate of drug-likeness (QED) is 0.544. The number of benzene rings is 1. The van der Waals surface area contributed by atoms with Crippen LogP contribution in [0.2, 0.25) is 0 Å². The van der Waals surface area contributed by atoms with Crippen LogP contribution in [0.3, 0.4) is 0 Å². The van der Waals surface area contributed by atoms with E-state index in [9.17, 15) is 9.59 Å². The highest BCUT2D eigenvalue weighted by atomic mass is 16.2. The molecule has 0 N–H and O–H groups in total. The molecule has 3 rings (SSSR count). The number of ketones is 2. The van der Waals surface area contributed by atoms with Crippen LogP contribution in [0.4, 0.5) is 0 Å². The van der Waals surface area contributed by atoms with E-state index >= 15 is 0 Å². The number of nitrogens with zero attached hydrogens (tertiary/aromatic N) is 2. The van der Waals surface area contributed by atoms with Gasteiger partial charge in [-0.1, -0.05) is 37.3 Å². The fraction of sp³-hybridized carbons (Fsp3) is 0.118. The topological polar surface area (TPSA) is 51.4 Å². The van der Waals surface area contributed by atoms with Crippen LogP contribution >= 0.6 is 0 Å². The Morgan fingerprint density at radius 3 is 2.52 bits per heavy atom. The number of imidazole rings is 1. The van der Waals surface area contributed by atoms with E-state index in [2.05, 4.69) is 4.98 Å². The molecule has 0 spiro atoms. The van der Waals surface area contributed by atoms with Crippen molar-refractivity contribution >= 4 is 17.2 Å². The minimum atomic E-state index is -0.544. The lowest BCUT2D eigenvalue weighted by Gasteiger charge is -2.02. The first kappa shape index (κ1) is 13.2. The Morgan fingerprint density at radius 1 is 1.05 bits per heavy atom. The molecule has 2 aromatic heterocycles. The summed E-state index contributed by atoms with van der Waals surface area (Å²) in [6.45, 7) is 2.04. The Kier molecular flexibility index (Phi) is 3.36. The van der Waals surface area contributed by atoms with Gasteiger partial charge in [0.15, 0.2) is 0 Å². The molecule has 104 valence electrons. The van der Waals surface area contributed by atoms with E-state index < -0.39 is 11.6 Å². The van der Waals surface area contributed by atoms with E-state index in [4.69, 9.17) is 0 Å². The first-order valence-corrected chi connectivity index (χ1v) is 6.80. The Balaban J connectivity index is 1.95. The zero-order chi connectivity index (χ0) is 14.8. The molecule has 0 saturated carbocycles. The summed E-state index contributed by atoms with van der Waals surface area (Å²) in [7, 11) is 0. The van der Waals surface area contributed by atoms with Crippen molar-refractivity contribution < 1.29 is 9.59 Å². The standard InChI is InChI=1S/C17H14N2O2/c1-2-12-6-8-13(9-7-12)16(20)17(21)14-11-18-15-5-3-4-10-19(14)15/h3-11H,2H2,1H3. The molecule has 0 amide bonds. The number of carbonyl (C=O) groups is 2. The van der Waals surface area contributed by atoms with Crippen LogP contribution in [-0.2, 0) is 6.42 Å². The van der Waals surface area contributed by atoms with Gasteiger partial charge < -0.3 is 0 Å². The van der Waals surface area contributed by atoms with Crippen LogP contribution < -0.4 is 0 Å². The van der Waals surface area contributed by atoms with Gasteiger partial charge in [0.25, 0.3) is 5.78 Å². The number of aromatic nitrogens is 2. The monoisotopic (exact) mass is 278 g/mol. The summed E-state index contributed by atoms with van der Waals surface area (Å²) < 4.78 is 1.63. The number of Topliss-reactive ketones (excluding diaryl/α,β-unsaturated/α-hetero) is 2. The normalized spacial score (nSPS) is 10.7. The second-order valence-corrected chi connectivity index (χ2v) is 4.78. The van der Waals surface area contributed by atoms with Crippen LogP contribution in [-0.4, -0.2) is 21.0 Å². The van der Waals surface area contributed by atoms with Crippen molar-refractivity contribution in [3.63, 3.8) is 0 Å². The highest BCUT2D eigenvalue weighted by Gasteiger charge is 2.21. The SMILES string of the molecule is CCc1ccc(C(=O)C(=O)c2cnc3ccccn23)cc1. The van der Waals surface area contributed by atoms with Gasteiger partial charge in [-0.25, -0.2) is 4.98 Å². The molecule has 0 radical (unpaired) electrons. The number of rotatable bonds is 4. The molecule has 0 bridgehead atoms. The predicted octanol–water partition coefficient (Wildman–Crippen LogP) is 2.96. The van der Waals surface area contributed by atoms with Crippen LogP contribution in [0.25, 0.3) is 5.65 Å². The van der Waals surface area contributed by atoms with Crippen LogP contribution in [0.5, 0.6) is 0 Å². The second kappa shape index (κ2) is 5.32. The molecule has 1 aromatic carbocycles. The minimum absolute atomic E-state index is 0.287. The molecule has 4 heteroatoms. The van der Waals surface area contributed by atoms with Crippen molar-refractivity contribution in [1.82, 2.24) is 9.38 Å². The van der Waals surface area contributed by atoms with Gasteiger partial charge >= 0.3 is 0 Å². The summed E-state index contributed by atoms with van der Waals surface area (Å²) >= 11 is 0. The molecule has 0 aliphatic heterocycles. The lowest BCUT2D eigenvalue weighted by Crippen LogP contribution is -2.16. The molecule has 0 unspecified atom stereocenters. The maximum Gasteiger partial charge on any atom is 0.251 e. The third-order valence-corrected chi connectivity index (χ3v) is 3.48. The van der Waals surface area contributed by atoms with E-state index in [0.717, 1.165) is 12.0 Å². The van der Waals surface area contributed by atoms with Gasteiger partial charge in [0.05, 0.1) is 6.20 Å². The minimum Gasteiger partial charge on any atom is -0.297 e. The van der Waals surface area contributed by atoms with Crippen LogP contribution in [0.15, 0.2) is 54.9 Å². The predicted molar refractivity (Wildman–Crippen MR) is 79.7 cm³/mol. The highest BCUT2D eigenvalue weighted by Crippen LogP contribution is 2.12. The third-order valence-electron chi connectivity index (χ3n) is 3.48. The maximum absolute atomic E-state index is 12.4. The smallest absolute Gasteiger partial charge is 0.251 e. The molecule has 4 nitrogen and oxygen atoms in total. The van der Waals surface area contributed by atoms with E-state index in [1.807, 2.05) is 25.1 Å². The number of fused-ring (bicyclic) bond motifs is 1. The fourth-order valence-electron chi connectivity index (χ4n) is 2.24. The lowest BCUT2D eigenvalue weighted by atomic mass is 10.0. The van der Waals surface area contributed by atoms with Gasteiger partial charge in [-0.2, -0.15) is 0 Å². The average Bonchev–Trinajstić information content (AvgIpc) is 2.97. The summed E-state index contributed by atoms with van der Waals surface area (Å²) in [4.78, 5) is 28.8. The zero-order valence-electron chi connectivity index (χ0n) is 11.6. The van der Waals surface area contributed by atoms with Gasteiger partial charge in [0.1, 0.15) is 11.3 Å². The summed E-state index contributed by atoms with van der Waals surface area (Å²) in [5, 5.41) is 0. The number of hydrogen-bond donors (Lipinski definition) is 0.